The summed E-state index contributed by atoms with van der Waals surface area (Å²) in [4.78, 5) is 68.4. The molecule has 0 radical (unpaired) electrons. The van der Waals surface area contributed by atoms with Crippen LogP contribution in [0.25, 0.3) is 28.1 Å². The number of likely N-dealkylation sites (tertiary alicyclic amines) is 2. The van der Waals surface area contributed by atoms with Crippen LogP contribution in [0.5, 0.6) is 0 Å². The SMILES string of the molecule is CC(=O)C1(CI)CCI([C@H](C(=O)N2CCCC2c2ncc(-c3ccc(-c4ccc(C5=CN=C(C6CCCN6C(=O)[C@@H](CCCC[I-]C[I-]CC(=O)O)C(C)C)C(I)(CCI)N5)cc4)cc3)n2C2CC[I-]CCC[I-]C2)C(C)C)N1. The van der Waals surface area contributed by atoms with Crippen molar-refractivity contribution < 1.29 is 109 Å². The maximum absolute atomic E-state index is 15.0. The van der Waals surface area contributed by atoms with Gasteiger partial charge in [0.25, 0.3) is 0 Å². The molecule has 2 amide bonds. The summed E-state index contributed by atoms with van der Waals surface area (Å²) in [6, 6.07) is 18.3. The van der Waals surface area contributed by atoms with Crippen molar-refractivity contribution in [2.24, 2.45) is 22.7 Å². The van der Waals surface area contributed by atoms with Gasteiger partial charge in [0.1, 0.15) is 0 Å². The average Bonchev–Trinajstić information content (AvgIpc) is 4.34. The number of halogens is 8. The first-order valence-corrected chi connectivity index (χ1v) is 48.3. The number of nitrogens with zero attached hydrogens (tertiary/aromatic N) is 5. The molecule has 442 valence electrons. The number of ketones is 1. The van der Waals surface area contributed by atoms with Gasteiger partial charge in [-0.3, -0.25) is 0 Å². The summed E-state index contributed by atoms with van der Waals surface area (Å²) < 4.78 is 16.9. The molecule has 6 heterocycles. The van der Waals surface area contributed by atoms with Crippen LogP contribution in [0.15, 0.2) is 65.9 Å². The van der Waals surface area contributed by atoms with Crippen LogP contribution in [0, 0.1) is 17.8 Å². The number of amides is 2. The van der Waals surface area contributed by atoms with Gasteiger partial charge < -0.3 is 0 Å². The Morgan fingerprint density at radius 2 is 1.51 bits per heavy atom. The first-order chi connectivity index (χ1) is 38.1. The van der Waals surface area contributed by atoms with Crippen LogP contribution in [-0.4, -0.2) is 128 Å². The van der Waals surface area contributed by atoms with Gasteiger partial charge in [-0.15, -0.1) is 0 Å². The molecule has 4 fully saturated rings. The molecule has 5 aliphatic rings. The van der Waals surface area contributed by atoms with Gasteiger partial charge in [0.2, 0.25) is 0 Å². The molecule has 5 aliphatic heterocycles. The monoisotopic (exact) mass is 1980 g/mol. The second-order valence-electron chi connectivity index (χ2n) is 22.1. The van der Waals surface area contributed by atoms with Gasteiger partial charge in [-0.05, 0) is 0 Å². The summed E-state index contributed by atoms with van der Waals surface area (Å²) in [6.07, 6.45) is 15.4. The van der Waals surface area contributed by atoms with Crippen molar-refractivity contribution in [3.8, 4) is 22.4 Å². The third-order valence-electron chi connectivity index (χ3n) is 16.0. The van der Waals surface area contributed by atoms with Crippen molar-refractivity contribution in [2.75, 3.05) is 55.4 Å². The third kappa shape index (κ3) is 16.5. The molecule has 7 atom stereocenters. The van der Waals surface area contributed by atoms with E-state index in [2.05, 4.69) is 173 Å². The number of aromatic nitrogens is 2. The van der Waals surface area contributed by atoms with Crippen LogP contribution >= 0.6 is 87.9 Å². The molecule has 8 rings (SSSR count). The van der Waals surface area contributed by atoms with Gasteiger partial charge >= 0.3 is 547 Å². The summed E-state index contributed by atoms with van der Waals surface area (Å²) in [5.74, 6) is 1.69. The Morgan fingerprint density at radius 3 is 2.15 bits per heavy atom. The summed E-state index contributed by atoms with van der Waals surface area (Å²) in [5, 5.41) is 12.9. The minimum atomic E-state index is -2.00. The zero-order valence-electron chi connectivity index (χ0n) is 46.4. The standard InChI is InChI=1S/C59H81I8N7O5/c1-39(2)47(11-6-7-26-65-38-66-34-52(76)77)56(78)72-31-8-12-49(72)54-59(62,23-25-60)70-48(35-68-54)44-18-14-42(15-19-44)43-16-20-45(21-17-43)51-36-69-55(74(51)46-22-29-63-27-10-28-64-33-46)50-13-9-32-73(50)57(79)53(40(3)4)67-30-24-58(37-61,71-67)41(5)75/h14-21,35-36,39-40,46-47,49-50,53,70-71H,6-13,22-34,37-38H2,1-5H3,(H,76,77)/q-4/t46?,47-,49?,50?,53-,58?,59?/m0/s1. The van der Waals surface area contributed by atoms with E-state index in [9.17, 15) is 14.4 Å². The second-order valence-corrected chi connectivity index (χ2v) is 45.7. The number of imidazole rings is 1. The number of carbonyl (C=O) groups excluding carboxylic acids is 3. The molecular weight excluding hydrogens is 1900 g/mol. The van der Waals surface area contributed by atoms with Gasteiger partial charge in [0.15, 0.2) is 0 Å². The van der Waals surface area contributed by atoms with E-state index in [1.807, 2.05) is 6.20 Å². The summed E-state index contributed by atoms with van der Waals surface area (Å²) in [6.45, 7) is 12.1. The Morgan fingerprint density at radius 1 is 0.835 bits per heavy atom. The summed E-state index contributed by atoms with van der Waals surface area (Å²) in [7, 11) is 0. The first kappa shape index (κ1) is 65.7. The van der Waals surface area contributed by atoms with Crippen molar-refractivity contribution in [3.63, 3.8) is 0 Å². The zero-order chi connectivity index (χ0) is 56.3. The zero-order valence-corrected chi connectivity index (χ0v) is 63.7. The molecule has 3 aromatic rings. The van der Waals surface area contributed by atoms with Crippen molar-refractivity contribution in [1.29, 1.82) is 0 Å². The number of unbranched alkanes of at least 4 members (excludes halogenated alkanes) is 1. The van der Waals surface area contributed by atoms with Crippen LogP contribution in [0.3, 0.4) is 0 Å². The van der Waals surface area contributed by atoms with E-state index >= 15 is 4.79 Å². The van der Waals surface area contributed by atoms with E-state index in [1.54, 1.807) is 6.92 Å². The van der Waals surface area contributed by atoms with Gasteiger partial charge in [0, 0.05) is 0 Å². The predicted octanol–water partition coefficient (Wildman–Crippen LogP) is -0.452. The molecule has 3 N–H and O–H groups in total. The Bertz CT molecular complexity index is 2610. The topological polar surface area (TPSA) is 149 Å². The molecule has 0 saturated carbocycles. The molecule has 4 saturated heterocycles. The Labute approximate surface area is 561 Å². The fourth-order valence-electron chi connectivity index (χ4n) is 11.7. The number of carboxylic acids is 1. The number of benzene rings is 2. The van der Waals surface area contributed by atoms with Crippen LogP contribution < -0.4 is 93.7 Å². The molecular formula is C59H81I8N7O5-4. The van der Waals surface area contributed by atoms with Crippen LogP contribution in [0.2, 0.25) is 0 Å². The van der Waals surface area contributed by atoms with Gasteiger partial charge in [-0.1, -0.05) is 22.6 Å². The number of carboxylic acid groups (broad SMARTS) is 1. The quantitative estimate of drug-likeness (QED) is 0.0360. The number of rotatable bonds is 24. The summed E-state index contributed by atoms with van der Waals surface area (Å²) in [5.41, 5.74) is 7.34. The van der Waals surface area contributed by atoms with E-state index in [-0.39, 0.29) is 136 Å². The molecule has 79 heavy (non-hydrogen) atoms. The van der Waals surface area contributed by atoms with Crippen molar-refractivity contribution in [2.45, 2.75) is 136 Å². The molecule has 1 aromatic heterocycles. The second kappa shape index (κ2) is 31.6. The van der Waals surface area contributed by atoms with Crippen molar-refractivity contribution in [3.05, 3.63) is 72.3 Å². The van der Waals surface area contributed by atoms with Crippen LogP contribution in [0.4, 0.5) is 0 Å². The van der Waals surface area contributed by atoms with Crippen LogP contribution in [0.1, 0.15) is 129 Å². The van der Waals surface area contributed by atoms with E-state index < -0.39 is 35.1 Å². The Kier molecular flexibility index (Phi) is 26.3. The number of Topliss-reactive ketones (excluding diaryl/α,β-unsaturated/α-hetero) is 1. The number of hydrogen-bond acceptors (Lipinski definition) is 8. The molecule has 2 aromatic carbocycles. The van der Waals surface area contributed by atoms with Gasteiger partial charge in [0.05, 0.1) is 0 Å². The molecule has 5 unspecified atom stereocenters. The van der Waals surface area contributed by atoms with Crippen LogP contribution in [-0.2, 0) is 19.2 Å². The molecule has 0 bridgehead atoms. The van der Waals surface area contributed by atoms with Gasteiger partial charge in [-0.25, -0.2) is 0 Å². The third-order valence-corrected chi connectivity index (χ3v) is 41.3. The Balaban J connectivity index is 0.989. The Hall–Kier alpha value is 0.740. The minimum absolute atomic E-state index is 0.00255. The number of hydrogen-bond donors (Lipinski definition) is 3. The molecule has 12 nitrogen and oxygen atoms in total. The number of nitrogens with one attached hydrogen (secondary N) is 2. The fourth-order valence-corrected chi connectivity index (χ4v) is 38.6. The number of aliphatic carboxylic acids is 1. The van der Waals surface area contributed by atoms with E-state index in [0.717, 1.165) is 118 Å². The molecule has 20 heteroatoms. The predicted molar refractivity (Wildman–Crippen MR) is 340 cm³/mol. The first-order valence-electron chi connectivity index (χ1n) is 28.1. The van der Waals surface area contributed by atoms with E-state index in [0.29, 0.717) is 10.5 Å². The van der Waals surface area contributed by atoms with Crippen molar-refractivity contribution in [1.82, 2.24) is 28.2 Å². The maximum atomic E-state index is 15.0. The average molecular weight is 1980 g/mol. The normalized spacial score (nSPS) is 25.4. The molecule has 0 spiro atoms. The number of alkyl halides is 13. The van der Waals surface area contributed by atoms with E-state index in [4.69, 9.17) is 15.1 Å². The van der Waals surface area contributed by atoms with Crippen molar-refractivity contribution >= 4 is 123 Å². The molecule has 0 aliphatic carbocycles. The fraction of sp³-hybridized carbons (Fsp3) is 0.627. The number of aliphatic imine (C=N–C) groups is 1. The number of carbonyl (C=O) groups is 4. The van der Waals surface area contributed by atoms with E-state index in [1.165, 1.54) is 48.7 Å². The summed E-state index contributed by atoms with van der Waals surface area (Å²) >= 11 is 5.58. The van der Waals surface area contributed by atoms with Gasteiger partial charge in [-0.2, -0.15) is 0 Å².